The second-order valence-corrected chi connectivity index (χ2v) is 5.35. The first-order chi connectivity index (χ1) is 6.70. The van der Waals surface area contributed by atoms with E-state index in [9.17, 15) is 0 Å². The van der Waals surface area contributed by atoms with Gasteiger partial charge in [0.05, 0.1) is 0 Å². The number of rotatable bonds is 8. The summed E-state index contributed by atoms with van der Waals surface area (Å²) in [6.07, 6.45) is 6.13. The van der Waals surface area contributed by atoms with E-state index < -0.39 is 0 Å². The van der Waals surface area contributed by atoms with Crippen LogP contribution in [-0.2, 0) is 4.74 Å². The lowest BCUT2D eigenvalue weighted by molar-refractivity contribution is 0.119. The Kier molecular flexibility index (Phi) is 5.88. The molecular formula is C12H23ClO. The zero-order valence-corrected chi connectivity index (χ0v) is 10.2. The largest absolute Gasteiger partial charge is 0.381 e. The first kappa shape index (κ1) is 12.3. The molecular weight excluding hydrogens is 196 g/mol. The van der Waals surface area contributed by atoms with Crippen molar-refractivity contribution in [2.75, 3.05) is 13.2 Å². The molecule has 0 radical (unpaired) electrons. The van der Waals surface area contributed by atoms with Crippen LogP contribution in [0.1, 0.15) is 46.0 Å². The van der Waals surface area contributed by atoms with E-state index >= 15 is 0 Å². The van der Waals surface area contributed by atoms with Gasteiger partial charge in [-0.05, 0) is 43.9 Å². The monoisotopic (exact) mass is 218 g/mol. The zero-order valence-electron chi connectivity index (χ0n) is 9.47. The van der Waals surface area contributed by atoms with E-state index in [1.165, 1.54) is 19.3 Å². The second-order valence-electron chi connectivity index (χ2n) is 4.79. The van der Waals surface area contributed by atoms with Crippen LogP contribution in [0.4, 0.5) is 0 Å². The molecule has 0 amide bonds. The third-order valence-corrected chi connectivity index (χ3v) is 3.32. The van der Waals surface area contributed by atoms with Gasteiger partial charge in [0.15, 0.2) is 0 Å². The molecule has 0 bridgehead atoms. The molecule has 1 aliphatic carbocycles. The number of halogens is 1. The summed E-state index contributed by atoms with van der Waals surface area (Å²) >= 11 is 6.19. The number of ether oxygens (including phenoxy) is 1. The minimum atomic E-state index is 0.420. The first-order valence-electron chi connectivity index (χ1n) is 5.92. The van der Waals surface area contributed by atoms with Crippen molar-refractivity contribution in [1.29, 1.82) is 0 Å². The highest BCUT2D eigenvalue weighted by molar-refractivity contribution is 6.20. The van der Waals surface area contributed by atoms with Crippen molar-refractivity contribution in [3.63, 3.8) is 0 Å². The van der Waals surface area contributed by atoms with Gasteiger partial charge < -0.3 is 4.74 Å². The number of hydrogen-bond donors (Lipinski definition) is 0. The van der Waals surface area contributed by atoms with Crippen LogP contribution in [-0.4, -0.2) is 18.6 Å². The normalized spacial score (nSPS) is 18.9. The molecule has 0 spiro atoms. The van der Waals surface area contributed by atoms with Crippen LogP contribution in [0.2, 0.25) is 0 Å². The van der Waals surface area contributed by atoms with Crippen LogP contribution >= 0.6 is 11.6 Å². The average Bonchev–Trinajstić information content (AvgIpc) is 2.92. The van der Waals surface area contributed by atoms with E-state index in [1.807, 2.05) is 0 Å². The summed E-state index contributed by atoms with van der Waals surface area (Å²) in [6, 6.07) is 0. The molecule has 1 unspecified atom stereocenters. The maximum absolute atomic E-state index is 6.19. The van der Waals surface area contributed by atoms with E-state index in [1.54, 1.807) is 0 Å². The minimum Gasteiger partial charge on any atom is -0.381 e. The third-order valence-electron chi connectivity index (χ3n) is 2.74. The summed E-state index contributed by atoms with van der Waals surface area (Å²) in [7, 11) is 0. The summed E-state index contributed by atoms with van der Waals surface area (Å²) < 4.78 is 5.54. The summed E-state index contributed by atoms with van der Waals surface area (Å²) in [4.78, 5) is 0. The first-order valence-corrected chi connectivity index (χ1v) is 6.35. The second kappa shape index (κ2) is 6.68. The van der Waals surface area contributed by atoms with Gasteiger partial charge in [0.1, 0.15) is 0 Å². The molecule has 0 heterocycles. The van der Waals surface area contributed by atoms with Gasteiger partial charge in [-0.1, -0.05) is 13.8 Å². The molecule has 1 saturated carbocycles. The van der Waals surface area contributed by atoms with E-state index in [-0.39, 0.29) is 0 Å². The fourth-order valence-corrected chi connectivity index (χ4v) is 1.90. The standard InChI is InChI=1S/C12H23ClO/c1-10(2)7-9-14-8-3-4-12(13)11-5-6-11/h10-12H,3-9H2,1-2H3. The Morgan fingerprint density at radius 2 is 1.93 bits per heavy atom. The Hall–Kier alpha value is 0.250. The third kappa shape index (κ3) is 5.87. The summed E-state index contributed by atoms with van der Waals surface area (Å²) in [6.45, 7) is 6.26. The molecule has 1 atom stereocenters. The lowest BCUT2D eigenvalue weighted by Gasteiger charge is -2.08. The van der Waals surface area contributed by atoms with Crippen molar-refractivity contribution < 1.29 is 4.74 Å². The van der Waals surface area contributed by atoms with E-state index in [0.29, 0.717) is 5.38 Å². The molecule has 1 aliphatic rings. The lowest BCUT2D eigenvalue weighted by atomic mass is 10.1. The quantitative estimate of drug-likeness (QED) is 0.444. The van der Waals surface area contributed by atoms with Gasteiger partial charge in [-0.15, -0.1) is 11.6 Å². The summed E-state index contributed by atoms with van der Waals surface area (Å²) in [5.41, 5.74) is 0. The average molecular weight is 219 g/mol. The van der Waals surface area contributed by atoms with Crippen LogP contribution in [0.5, 0.6) is 0 Å². The lowest BCUT2D eigenvalue weighted by Crippen LogP contribution is -2.05. The molecule has 84 valence electrons. The smallest absolute Gasteiger partial charge is 0.0468 e. The zero-order chi connectivity index (χ0) is 10.4. The highest BCUT2D eigenvalue weighted by Crippen LogP contribution is 2.37. The summed E-state index contributed by atoms with van der Waals surface area (Å²) in [5.74, 6) is 1.58. The minimum absolute atomic E-state index is 0.420. The molecule has 1 rings (SSSR count). The van der Waals surface area contributed by atoms with E-state index in [4.69, 9.17) is 16.3 Å². The molecule has 0 aliphatic heterocycles. The Morgan fingerprint density at radius 1 is 1.21 bits per heavy atom. The maximum atomic E-state index is 6.19. The van der Waals surface area contributed by atoms with Crippen LogP contribution in [0.25, 0.3) is 0 Å². The van der Waals surface area contributed by atoms with Crippen LogP contribution < -0.4 is 0 Å². The molecule has 0 N–H and O–H groups in total. The molecule has 0 aromatic heterocycles. The fourth-order valence-electron chi connectivity index (χ4n) is 1.50. The van der Waals surface area contributed by atoms with Crippen LogP contribution in [0.3, 0.4) is 0 Å². The molecule has 14 heavy (non-hydrogen) atoms. The van der Waals surface area contributed by atoms with Crippen molar-refractivity contribution in [2.45, 2.75) is 51.3 Å². The van der Waals surface area contributed by atoms with Gasteiger partial charge in [-0.3, -0.25) is 0 Å². The highest BCUT2D eigenvalue weighted by Gasteiger charge is 2.28. The van der Waals surface area contributed by atoms with Crippen molar-refractivity contribution >= 4 is 11.6 Å². The Balaban J connectivity index is 1.79. The van der Waals surface area contributed by atoms with Gasteiger partial charge in [0, 0.05) is 18.6 Å². The van der Waals surface area contributed by atoms with Crippen molar-refractivity contribution in [1.82, 2.24) is 0 Å². The van der Waals surface area contributed by atoms with Crippen molar-refractivity contribution in [3.05, 3.63) is 0 Å². The molecule has 0 aromatic rings. The number of alkyl halides is 1. The highest BCUT2D eigenvalue weighted by atomic mass is 35.5. The SMILES string of the molecule is CC(C)CCOCCCC(Cl)C1CC1. The Bertz CT molecular complexity index is 143. The number of hydrogen-bond acceptors (Lipinski definition) is 1. The molecule has 1 nitrogen and oxygen atoms in total. The van der Waals surface area contributed by atoms with Gasteiger partial charge in [0.25, 0.3) is 0 Å². The van der Waals surface area contributed by atoms with Gasteiger partial charge in [0.2, 0.25) is 0 Å². The Morgan fingerprint density at radius 3 is 2.50 bits per heavy atom. The molecule has 0 aromatic carbocycles. The van der Waals surface area contributed by atoms with Gasteiger partial charge in [-0.2, -0.15) is 0 Å². The summed E-state index contributed by atoms with van der Waals surface area (Å²) in [5, 5.41) is 0.420. The predicted molar refractivity (Wildman–Crippen MR) is 61.9 cm³/mol. The van der Waals surface area contributed by atoms with E-state index in [0.717, 1.165) is 37.9 Å². The fraction of sp³-hybridized carbons (Fsp3) is 1.00. The molecule has 1 fully saturated rings. The van der Waals surface area contributed by atoms with Crippen LogP contribution in [0, 0.1) is 11.8 Å². The predicted octanol–water partition coefficient (Wildman–Crippen LogP) is 3.85. The van der Waals surface area contributed by atoms with Crippen LogP contribution in [0.15, 0.2) is 0 Å². The Labute approximate surface area is 93.2 Å². The maximum Gasteiger partial charge on any atom is 0.0468 e. The topological polar surface area (TPSA) is 9.23 Å². The van der Waals surface area contributed by atoms with Gasteiger partial charge in [-0.25, -0.2) is 0 Å². The molecule has 2 heteroatoms. The van der Waals surface area contributed by atoms with E-state index in [2.05, 4.69) is 13.8 Å². The van der Waals surface area contributed by atoms with Crippen molar-refractivity contribution in [3.8, 4) is 0 Å². The van der Waals surface area contributed by atoms with Crippen molar-refractivity contribution in [2.24, 2.45) is 11.8 Å². The van der Waals surface area contributed by atoms with Gasteiger partial charge >= 0.3 is 0 Å². The molecule has 0 saturated heterocycles.